The zero-order valence-electron chi connectivity index (χ0n) is 11.7. The van der Waals surface area contributed by atoms with E-state index in [1.54, 1.807) is 7.11 Å². The third kappa shape index (κ3) is 2.54. The van der Waals surface area contributed by atoms with Gasteiger partial charge in [-0.05, 0) is 36.6 Å². The third-order valence-corrected chi connectivity index (χ3v) is 3.97. The van der Waals surface area contributed by atoms with Gasteiger partial charge in [0.05, 0.1) is 7.11 Å². The van der Waals surface area contributed by atoms with Gasteiger partial charge in [0.2, 0.25) is 0 Å². The number of nitrogens with zero attached hydrogens (tertiary/aromatic N) is 3. The molecule has 1 aliphatic heterocycles. The summed E-state index contributed by atoms with van der Waals surface area (Å²) in [5, 5.41) is 8.67. The van der Waals surface area contributed by atoms with Crippen LogP contribution >= 0.6 is 0 Å². The fourth-order valence-corrected chi connectivity index (χ4v) is 2.75. The highest BCUT2D eigenvalue weighted by molar-refractivity contribution is 5.30. The van der Waals surface area contributed by atoms with E-state index in [4.69, 9.17) is 10.5 Å². The monoisotopic (exact) mass is 272 g/mol. The first-order valence-electron chi connectivity index (χ1n) is 7.04. The summed E-state index contributed by atoms with van der Waals surface area (Å²) in [5.74, 6) is 3.54. The number of methoxy groups -OCH3 is 1. The van der Waals surface area contributed by atoms with E-state index in [0.29, 0.717) is 5.92 Å². The minimum atomic E-state index is 0.552. The summed E-state index contributed by atoms with van der Waals surface area (Å²) in [4.78, 5) is 0. The molecule has 2 aromatic rings. The van der Waals surface area contributed by atoms with Crippen molar-refractivity contribution in [2.75, 3.05) is 13.7 Å². The molecular weight excluding hydrogens is 252 g/mol. The van der Waals surface area contributed by atoms with E-state index in [0.717, 1.165) is 49.8 Å². The fourth-order valence-electron chi connectivity index (χ4n) is 2.75. The number of rotatable bonds is 4. The van der Waals surface area contributed by atoms with Gasteiger partial charge >= 0.3 is 0 Å². The second-order valence-corrected chi connectivity index (χ2v) is 5.31. The highest BCUT2D eigenvalue weighted by atomic mass is 16.5. The van der Waals surface area contributed by atoms with Gasteiger partial charge in [0.15, 0.2) is 0 Å². The normalized spacial score (nSPS) is 17.8. The first-order chi connectivity index (χ1) is 9.80. The Morgan fingerprint density at radius 3 is 3.10 bits per heavy atom. The van der Waals surface area contributed by atoms with Crippen molar-refractivity contribution in [3.8, 4) is 5.75 Å². The van der Waals surface area contributed by atoms with Crippen LogP contribution in [0, 0.1) is 5.92 Å². The van der Waals surface area contributed by atoms with Gasteiger partial charge in [-0.3, -0.25) is 0 Å². The Balaban J connectivity index is 1.80. The van der Waals surface area contributed by atoms with Gasteiger partial charge in [-0.1, -0.05) is 12.1 Å². The van der Waals surface area contributed by atoms with Crippen LogP contribution in [0.3, 0.4) is 0 Å². The zero-order valence-corrected chi connectivity index (χ0v) is 11.7. The molecule has 5 nitrogen and oxygen atoms in total. The zero-order chi connectivity index (χ0) is 13.9. The van der Waals surface area contributed by atoms with Crippen molar-refractivity contribution in [1.29, 1.82) is 0 Å². The molecule has 0 spiro atoms. The Bertz CT molecular complexity index is 593. The van der Waals surface area contributed by atoms with E-state index >= 15 is 0 Å². The minimum absolute atomic E-state index is 0.552. The summed E-state index contributed by atoms with van der Waals surface area (Å²) >= 11 is 0. The second-order valence-electron chi connectivity index (χ2n) is 5.31. The van der Waals surface area contributed by atoms with Gasteiger partial charge in [-0.2, -0.15) is 0 Å². The van der Waals surface area contributed by atoms with E-state index < -0.39 is 0 Å². The average Bonchev–Trinajstić information content (AvgIpc) is 2.89. The molecule has 0 fully saturated rings. The molecule has 0 amide bonds. The van der Waals surface area contributed by atoms with E-state index in [1.165, 1.54) is 5.56 Å². The SMILES string of the molecule is COc1cccc(Cc2nnc3n2CCC(CN)C3)c1. The van der Waals surface area contributed by atoms with Crippen molar-refractivity contribution >= 4 is 0 Å². The fraction of sp³-hybridized carbons (Fsp3) is 0.467. The highest BCUT2D eigenvalue weighted by Gasteiger charge is 2.21. The predicted octanol–water partition coefficient (Wildman–Crippen LogP) is 1.40. The molecule has 0 radical (unpaired) electrons. The van der Waals surface area contributed by atoms with Crippen molar-refractivity contribution in [3.63, 3.8) is 0 Å². The van der Waals surface area contributed by atoms with Crippen LogP contribution in [0.25, 0.3) is 0 Å². The van der Waals surface area contributed by atoms with Crippen LogP contribution in [0.5, 0.6) is 5.75 Å². The summed E-state index contributed by atoms with van der Waals surface area (Å²) in [6.07, 6.45) is 2.85. The lowest BCUT2D eigenvalue weighted by Gasteiger charge is -2.22. The van der Waals surface area contributed by atoms with Gasteiger partial charge in [-0.25, -0.2) is 0 Å². The standard InChI is InChI=1S/C15H20N4O/c1-20-13-4-2-3-11(7-13)8-14-17-18-15-9-12(10-16)5-6-19(14)15/h2-4,7,12H,5-6,8-10,16H2,1H3. The molecule has 1 aliphatic rings. The van der Waals surface area contributed by atoms with Crippen molar-refractivity contribution in [2.24, 2.45) is 11.7 Å². The Kier molecular flexibility index (Phi) is 3.69. The van der Waals surface area contributed by atoms with Crippen molar-refractivity contribution in [2.45, 2.75) is 25.8 Å². The Morgan fingerprint density at radius 2 is 2.30 bits per heavy atom. The summed E-state index contributed by atoms with van der Waals surface area (Å²) in [6, 6.07) is 8.10. The maximum absolute atomic E-state index is 5.75. The molecule has 0 saturated carbocycles. The molecule has 20 heavy (non-hydrogen) atoms. The van der Waals surface area contributed by atoms with E-state index in [9.17, 15) is 0 Å². The minimum Gasteiger partial charge on any atom is -0.497 e. The van der Waals surface area contributed by atoms with E-state index in [2.05, 4.69) is 20.8 Å². The highest BCUT2D eigenvalue weighted by Crippen LogP contribution is 2.21. The number of hydrogen-bond donors (Lipinski definition) is 1. The van der Waals surface area contributed by atoms with Crippen molar-refractivity contribution in [1.82, 2.24) is 14.8 Å². The van der Waals surface area contributed by atoms with E-state index in [-0.39, 0.29) is 0 Å². The number of aromatic nitrogens is 3. The molecule has 0 bridgehead atoms. The lowest BCUT2D eigenvalue weighted by atomic mass is 9.98. The first-order valence-corrected chi connectivity index (χ1v) is 7.04. The average molecular weight is 272 g/mol. The summed E-state index contributed by atoms with van der Waals surface area (Å²) in [7, 11) is 1.69. The third-order valence-electron chi connectivity index (χ3n) is 3.97. The molecule has 1 aromatic heterocycles. The van der Waals surface area contributed by atoms with Crippen LogP contribution in [0.1, 0.15) is 23.6 Å². The summed E-state index contributed by atoms with van der Waals surface area (Å²) < 4.78 is 7.50. The Hall–Kier alpha value is -1.88. The number of fused-ring (bicyclic) bond motifs is 1. The van der Waals surface area contributed by atoms with Gasteiger partial charge < -0.3 is 15.0 Å². The molecule has 5 heteroatoms. The molecular formula is C15H20N4O. The number of ether oxygens (including phenoxy) is 1. The molecule has 1 aromatic carbocycles. The molecule has 2 heterocycles. The molecule has 106 valence electrons. The molecule has 3 rings (SSSR count). The van der Waals surface area contributed by atoms with Crippen molar-refractivity contribution in [3.05, 3.63) is 41.5 Å². The molecule has 0 aliphatic carbocycles. The van der Waals surface area contributed by atoms with Crippen LogP contribution in [0.15, 0.2) is 24.3 Å². The van der Waals surface area contributed by atoms with Gasteiger partial charge in [0, 0.05) is 19.4 Å². The number of benzene rings is 1. The van der Waals surface area contributed by atoms with Gasteiger partial charge in [0.25, 0.3) is 0 Å². The van der Waals surface area contributed by atoms with Crippen LogP contribution in [-0.2, 0) is 19.4 Å². The number of nitrogens with two attached hydrogens (primary N) is 1. The largest absolute Gasteiger partial charge is 0.497 e. The second kappa shape index (κ2) is 5.63. The van der Waals surface area contributed by atoms with Crippen molar-refractivity contribution < 1.29 is 4.74 Å². The van der Waals surface area contributed by atoms with Gasteiger partial charge in [0.1, 0.15) is 17.4 Å². The van der Waals surface area contributed by atoms with Crippen LogP contribution in [0.2, 0.25) is 0 Å². The Morgan fingerprint density at radius 1 is 1.40 bits per heavy atom. The maximum Gasteiger partial charge on any atom is 0.137 e. The molecule has 0 saturated heterocycles. The van der Waals surface area contributed by atoms with E-state index in [1.807, 2.05) is 18.2 Å². The smallest absolute Gasteiger partial charge is 0.137 e. The van der Waals surface area contributed by atoms with Gasteiger partial charge in [-0.15, -0.1) is 10.2 Å². The molecule has 1 unspecified atom stereocenters. The lowest BCUT2D eigenvalue weighted by Crippen LogP contribution is -2.26. The number of hydrogen-bond acceptors (Lipinski definition) is 4. The van der Waals surface area contributed by atoms with Crippen LogP contribution in [-0.4, -0.2) is 28.4 Å². The maximum atomic E-state index is 5.75. The lowest BCUT2D eigenvalue weighted by molar-refractivity contribution is 0.385. The summed E-state index contributed by atoms with van der Waals surface area (Å²) in [5.41, 5.74) is 6.95. The molecule has 2 N–H and O–H groups in total. The summed E-state index contributed by atoms with van der Waals surface area (Å²) in [6.45, 7) is 1.71. The topological polar surface area (TPSA) is 66.0 Å². The predicted molar refractivity (Wildman–Crippen MR) is 76.7 cm³/mol. The quantitative estimate of drug-likeness (QED) is 0.913. The van der Waals surface area contributed by atoms with Crippen LogP contribution < -0.4 is 10.5 Å². The first kappa shape index (κ1) is 13.1. The Labute approximate surface area is 118 Å². The molecule has 1 atom stereocenters. The van der Waals surface area contributed by atoms with Crippen LogP contribution in [0.4, 0.5) is 0 Å².